The number of alkyl carbamates (subject to hydrolysis) is 1. The summed E-state index contributed by atoms with van der Waals surface area (Å²) in [6.45, 7) is 5.86. The van der Waals surface area contributed by atoms with Crippen LogP contribution in [0.3, 0.4) is 0 Å². The second-order valence-corrected chi connectivity index (χ2v) is 10.1. The fourth-order valence-corrected chi connectivity index (χ4v) is 6.29. The van der Waals surface area contributed by atoms with Crippen LogP contribution in [0.25, 0.3) is 11.1 Å². The molecular formula is C26H30N2O5S. The summed E-state index contributed by atoms with van der Waals surface area (Å²) in [5, 5.41) is 12.1. The van der Waals surface area contributed by atoms with E-state index in [-0.39, 0.29) is 29.7 Å². The molecule has 1 saturated heterocycles. The number of benzene rings is 2. The Hall–Kier alpha value is -3.00. The molecule has 1 heterocycles. The fraction of sp³-hybridized carbons (Fsp3) is 0.423. The van der Waals surface area contributed by atoms with Gasteiger partial charge in [-0.25, -0.2) is 9.59 Å². The number of hydrogen-bond donors (Lipinski definition) is 2. The Balaban J connectivity index is 1.44. The smallest absolute Gasteiger partial charge is 0.407 e. The number of fused-ring (bicyclic) bond motifs is 3. The molecule has 2 aromatic rings. The summed E-state index contributed by atoms with van der Waals surface area (Å²) in [7, 11) is 0. The molecule has 7 nitrogen and oxygen atoms in total. The van der Waals surface area contributed by atoms with Gasteiger partial charge in [0.1, 0.15) is 18.7 Å². The standard InChI is InChI=1S/C26H30N2O5S/c1-4-21(23(29)28-22(25(30)31)14-34-24(28)15(2)3)27-26(32)33-13-20-18-11-7-5-9-16(18)17-10-6-8-12-19(17)20/h5-12,15,20-22,24H,4,13-14H2,1-3H3,(H,27,32)(H,30,31)/t21-,22?,24?/m0/s1. The lowest BCUT2D eigenvalue weighted by molar-refractivity contribution is -0.150. The van der Waals surface area contributed by atoms with Gasteiger partial charge in [0, 0.05) is 11.7 Å². The molecule has 0 bridgehead atoms. The minimum Gasteiger partial charge on any atom is -0.480 e. The summed E-state index contributed by atoms with van der Waals surface area (Å²) >= 11 is 1.46. The van der Waals surface area contributed by atoms with E-state index in [0.717, 1.165) is 22.3 Å². The molecule has 180 valence electrons. The Kier molecular flexibility index (Phi) is 7.16. The third-order valence-corrected chi connectivity index (χ3v) is 8.11. The molecule has 0 aromatic heterocycles. The maximum Gasteiger partial charge on any atom is 0.407 e. The monoisotopic (exact) mass is 482 g/mol. The lowest BCUT2D eigenvalue weighted by Crippen LogP contribution is -2.55. The number of nitrogens with one attached hydrogen (secondary N) is 1. The number of ether oxygens (including phenoxy) is 1. The van der Waals surface area contributed by atoms with Crippen molar-refractivity contribution < 1.29 is 24.2 Å². The van der Waals surface area contributed by atoms with Gasteiger partial charge in [0.2, 0.25) is 5.91 Å². The van der Waals surface area contributed by atoms with E-state index in [9.17, 15) is 19.5 Å². The van der Waals surface area contributed by atoms with Gasteiger partial charge in [0.05, 0.1) is 5.37 Å². The van der Waals surface area contributed by atoms with E-state index in [2.05, 4.69) is 17.4 Å². The second kappa shape index (κ2) is 10.1. The van der Waals surface area contributed by atoms with Gasteiger partial charge in [-0.1, -0.05) is 69.3 Å². The zero-order valence-electron chi connectivity index (χ0n) is 19.6. The van der Waals surface area contributed by atoms with E-state index in [4.69, 9.17) is 4.74 Å². The Bertz CT molecular complexity index is 1040. The number of carbonyl (C=O) groups excluding carboxylic acids is 2. The lowest BCUT2D eigenvalue weighted by atomic mass is 9.98. The third kappa shape index (κ3) is 4.51. The molecule has 34 heavy (non-hydrogen) atoms. The molecular weight excluding hydrogens is 452 g/mol. The average molecular weight is 483 g/mol. The van der Waals surface area contributed by atoms with Gasteiger partial charge in [-0.15, -0.1) is 11.8 Å². The van der Waals surface area contributed by atoms with Crippen LogP contribution in [0.1, 0.15) is 44.2 Å². The number of nitrogens with zero attached hydrogens (tertiary/aromatic N) is 1. The highest BCUT2D eigenvalue weighted by Gasteiger charge is 2.44. The van der Waals surface area contributed by atoms with E-state index in [1.54, 1.807) is 6.92 Å². The van der Waals surface area contributed by atoms with Crippen LogP contribution in [-0.2, 0) is 14.3 Å². The molecule has 4 rings (SSSR count). The van der Waals surface area contributed by atoms with E-state index in [1.807, 2.05) is 50.2 Å². The van der Waals surface area contributed by atoms with Gasteiger partial charge in [0.15, 0.2) is 0 Å². The fourth-order valence-electron chi connectivity index (χ4n) is 4.81. The molecule has 2 aromatic carbocycles. The zero-order chi connectivity index (χ0) is 24.4. The summed E-state index contributed by atoms with van der Waals surface area (Å²) in [5.41, 5.74) is 4.50. The molecule has 0 saturated carbocycles. The van der Waals surface area contributed by atoms with Gasteiger partial charge in [-0.05, 0) is 34.6 Å². The average Bonchev–Trinajstić information content (AvgIpc) is 3.41. The van der Waals surface area contributed by atoms with Crippen molar-refractivity contribution in [1.29, 1.82) is 0 Å². The van der Waals surface area contributed by atoms with Crippen LogP contribution in [-0.4, -0.2) is 57.8 Å². The molecule has 0 spiro atoms. The number of aliphatic carboxylic acids is 1. The van der Waals surface area contributed by atoms with Crippen LogP contribution in [0.15, 0.2) is 48.5 Å². The Labute approximate surface area is 203 Å². The SMILES string of the molecule is CC[C@H](NC(=O)OCC1c2ccccc2-c2ccccc21)C(=O)N1C(C(=O)O)CSC1C(C)C. The number of thioether (sulfide) groups is 1. The first-order valence-electron chi connectivity index (χ1n) is 11.6. The highest BCUT2D eigenvalue weighted by molar-refractivity contribution is 8.00. The molecule has 8 heteroatoms. The van der Waals surface area contributed by atoms with Crippen molar-refractivity contribution >= 4 is 29.7 Å². The summed E-state index contributed by atoms with van der Waals surface area (Å²) in [4.78, 5) is 39.2. The van der Waals surface area contributed by atoms with Crippen molar-refractivity contribution in [2.45, 2.75) is 50.6 Å². The van der Waals surface area contributed by atoms with Crippen molar-refractivity contribution in [3.63, 3.8) is 0 Å². The molecule has 2 N–H and O–H groups in total. The molecule has 2 amide bonds. The van der Waals surface area contributed by atoms with Crippen molar-refractivity contribution in [2.24, 2.45) is 5.92 Å². The topological polar surface area (TPSA) is 95.9 Å². The molecule has 0 radical (unpaired) electrons. The van der Waals surface area contributed by atoms with Crippen LogP contribution >= 0.6 is 11.8 Å². The van der Waals surface area contributed by atoms with Crippen molar-refractivity contribution in [3.8, 4) is 11.1 Å². The molecule has 2 aliphatic rings. The van der Waals surface area contributed by atoms with E-state index < -0.39 is 24.1 Å². The predicted octanol–water partition coefficient (Wildman–Crippen LogP) is 4.31. The Morgan fingerprint density at radius 3 is 2.21 bits per heavy atom. The van der Waals surface area contributed by atoms with Crippen molar-refractivity contribution in [3.05, 3.63) is 59.7 Å². The maximum atomic E-state index is 13.3. The highest BCUT2D eigenvalue weighted by atomic mass is 32.2. The lowest BCUT2D eigenvalue weighted by Gasteiger charge is -2.32. The molecule has 1 aliphatic heterocycles. The van der Waals surface area contributed by atoms with Gasteiger partial charge in [0.25, 0.3) is 0 Å². The van der Waals surface area contributed by atoms with Crippen LogP contribution in [0.2, 0.25) is 0 Å². The van der Waals surface area contributed by atoms with Gasteiger partial charge < -0.3 is 20.1 Å². The summed E-state index contributed by atoms with van der Waals surface area (Å²) in [6.07, 6.45) is -0.344. The number of hydrogen-bond acceptors (Lipinski definition) is 5. The van der Waals surface area contributed by atoms with Crippen LogP contribution < -0.4 is 5.32 Å². The van der Waals surface area contributed by atoms with Gasteiger partial charge in [-0.3, -0.25) is 4.79 Å². The minimum atomic E-state index is -1.03. The number of carbonyl (C=O) groups is 3. The minimum absolute atomic E-state index is 0.0781. The first kappa shape index (κ1) is 24.1. The predicted molar refractivity (Wildman–Crippen MR) is 132 cm³/mol. The molecule has 1 fully saturated rings. The molecule has 2 unspecified atom stereocenters. The Morgan fingerprint density at radius 1 is 1.09 bits per heavy atom. The number of amides is 2. The highest BCUT2D eigenvalue weighted by Crippen LogP contribution is 2.44. The first-order chi connectivity index (χ1) is 16.3. The Morgan fingerprint density at radius 2 is 1.68 bits per heavy atom. The molecule has 1 aliphatic carbocycles. The number of carboxylic acids is 1. The molecule has 3 atom stereocenters. The summed E-state index contributed by atoms with van der Waals surface area (Å²) in [6, 6.07) is 14.4. The number of rotatable bonds is 7. The normalized spacial score (nSPS) is 20.1. The zero-order valence-corrected chi connectivity index (χ0v) is 20.4. The third-order valence-electron chi connectivity index (χ3n) is 6.49. The first-order valence-corrected chi connectivity index (χ1v) is 12.7. The maximum absolute atomic E-state index is 13.3. The van der Waals surface area contributed by atoms with Crippen molar-refractivity contribution in [1.82, 2.24) is 10.2 Å². The summed E-state index contributed by atoms with van der Waals surface area (Å²) < 4.78 is 5.59. The van der Waals surface area contributed by atoms with E-state index >= 15 is 0 Å². The van der Waals surface area contributed by atoms with Crippen LogP contribution in [0.4, 0.5) is 4.79 Å². The summed E-state index contributed by atoms with van der Waals surface area (Å²) in [5.74, 6) is -1.06. The van der Waals surface area contributed by atoms with Crippen LogP contribution in [0.5, 0.6) is 0 Å². The quantitative estimate of drug-likeness (QED) is 0.610. The largest absolute Gasteiger partial charge is 0.480 e. The van der Waals surface area contributed by atoms with Gasteiger partial charge in [-0.2, -0.15) is 0 Å². The number of carboxylic acid groups (broad SMARTS) is 1. The van der Waals surface area contributed by atoms with Crippen molar-refractivity contribution in [2.75, 3.05) is 12.4 Å². The van der Waals surface area contributed by atoms with E-state index in [1.165, 1.54) is 16.7 Å². The van der Waals surface area contributed by atoms with E-state index in [0.29, 0.717) is 12.2 Å². The van der Waals surface area contributed by atoms with Gasteiger partial charge >= 0.3 is 12.1 Å². The van der Waals surface area contributed by atoms with Crippen LogP contribution in [0, 0.1) is 5.92 Å². The second-order valence-electron chi connectivity index (χ2n) is 9.00.